The monoisotopic (exact) mass is 378 g/mol. The summed E-state index contributed by atoms with van der Waals surface area (Å²) in [5.41, 5.74) is 1.34. The van der Waals surface area contributed by atoms with Crippen molar-refractivity contribution in [2.24, 2.45) is 5.92 Å². The number of amides is 2. The topological polar surface area (TPSA) is 74.8 Å². The lowest BCUT2D eigenvalue weighted by molar-refractivity contribution is -0.117. The minimum absolute atomic E-state index is 0.0474. The summed E-state index contributed by atoms with van der Waals surface area (Å²) in [4.78, 5) is 28.3. The largest absolute Gasteiger partial charge is 0.334 e. The van der Waals surface area contributed by atoms with Crippen LogP contribution >= 0.6 is 0 Å². The SMILES string of the molecule is CC(C)CN(C(=O)c1ccc(N2CCCC2=O)cc1)[C@@H]1CCS(=O)(=O)C1. The van der Waals surface area contributed by atoms with E-state index in [-0.39, 0.29) is 35.3 Å². The van der Waals surface area contributed by atoms with Crippen LogP contribution in [0.15, 0.2) is 24.3 Å². The fraction of sp³-hybridized carbons (Fsp3) is 0.579. The van der Waals surface area contributed by atoms with Crippen LogP contribution in [0, 0.1) is 5.92 Å². The van der Waals surface area contributed by atoms with Crippen molar-refractivity contribution >= 4 is 27.3 Å². The Balaban J connectivity index is 1.79. The highest BCUT2D eigenvalue weighted by Gasteiger charge is 2.35. The molecule has 0 aromatic heterocycles. The molecule has 2 aliphatic heterocycles. The van der Waals surface area contributed by atoms with E-state index in [9.17, 15) is 18.0 Å². The van der Waals surface area contributed by atoms with Crippen molar-refractivity contribution in [3.05, 3.63) is 29.8 Å². The first-order valence-electron chi connectivity index (χ1n) is 9.18. The van der Waals surface area contributed by atoms with E-state index in [1.54, 1.807) is 34.1 Å². The summed E-state index contributed by atoms with van der Waals surface area (Å²) in [5, 5.41) is 0. The fourth-order valence-electron chi connectivity index (χ4n) is 3.68. The fourth-order valence-corrected chi connectivity index (χ4v) is 5.41. The average molecular weight is 378 g/mol. The molecule has 142 valence electrons. The number of carbonyl (C=O) groups is 2. The summed E-state index contributed by atoms with van der Waals surface area (Å²) in [6.07, 6.45) is 1.93. The third kappa shape index (κ3) is 4.09. The van der Waals surface area contributed by atoms with E-state index in [0.717, 1.165) is 12.1 Å². The van der Waals surface area contributed by atoms with Gasteiger partial charge in [0, 0.05) is 36.8 Å². The van der Waals surface area contributed by atoms with Crippen LogP contribution in [0.4, 0.5) is 5.69 Å². The number of carbonyl (C=O) groups excluding carboxylic acids is 2. The molecule has 26 heavy (non-hydrogen) atoms. The minimum atomic E-state index is -3.05. The number of anilines is 1. The Labute approximate surface area is 155 Å². The van der Waals surface area contributed by atoms with Crippen molar-refractivity contribution in [1.82, 2.24) is 4.90 Å². The smallest absolute Gasteiger partial charge is 0.254 e. The van der Waals surface area contributed by atoms with Gasteiger partial charge in [-0.1, -0.05) is 13.8 Å². The van der Waals surface area contributed by atoms with Gasteiger partial charge in [0.25, 0.3) is 5.91 Å². The second-order valence-corrected chi connectivity index (χ2v) is 9.83. The molecule has 0 radical (unpaired) electrons. The highest BCUT2D eigenvalue weighted by atomic mass is 32.2. The first-order chi connectivity index (χ1) is 12.3. The zero-order chi connectivity index (χ0) is 18.9. The minimum Gasteiger partial charge on any atom is -0.334 e. The lowest BCUT2D eigenvalue weighted by atomic mass is 10.1. The number of hydrogen-bond donors (Lipinski definition) is 0. The van der Waals surface area contributed by atoms with Crippen LogP contribution in [-0.4, -0.2) is 55.8 Å². The van der Waals surface area contributed by atoms with Crippen LogP contribution in [0.2, 0.25) is 0 Å². The van der Waals surface area contributed by atoms with E-state index < -0.39 is 9.84 Å². The Kier molecular flexibility index (Phi) is 5.37. The molecule has 0 N–H and O–H groups in total. The Morgan fingerprint density at radius 3 is 2.46 bits per heavy atom. The third-order valence-electron chi connectivity index (χ3n) is 4.97. The molecule has 1 aromatic rings. The maximum absolute atomic E-state index is 13.0. The lowest BCUT2D eigenvalue weighted by Crippen LogP contribution is -2.43. The van der Waals surface area contributed by atoms with Gasteiger partial charge < -0.3 is 9.80 Å². The molecular formula is C19H26N2O4S. The highest BCUT2D eigenvalue weighted by Crippen LogP contribution is 2.24. The number of nitrogens with zero attached hydrogens (tertiary/aromatic N) is 2. The van der Waals surface area contributed by atoms with Crippen molar-refractivity contribution in [3.63, 3.8) is 0 Å². The van der Waals surface area contributed by atoms with Gasteiger partial charge in [0.15, 0.2) is 9.84 Å². The van der Waals surface area contributed by atoms with Crippen LogP contribution in [0.5, 0.6) is 0 Å². The van der Waals surface area contributed by atoms with Crippen LogP contribution < -0.4 is 4.90 Å². The Bertz CT molecular complexity index is 786. The van der Waals surface area contributed by atoms with E-state index >= 15 is 0 Å². The molecule has 2 heterocycles. The van der Waals surface area contributed by atoms with E-state index in [1.807, 2.05) is 13.8 Å². The predicted octanol–water partition coefficient (Wildman–Crippen LogP) is 2.10. The Hall–Kier alpha value is -1.89. The maximum atomic E-state index is 13.0. The average Bonchev–Trinajstić information content (AvgIpc) is 3.17. The van der Waals surface area contributed by atoms with Crippen molar-refractivity contribution in [3.8, 4) is 0 Å². The van der Waals surface area contributed by atoms with E-state index in [2.05, 4.69) is 0 Å². The number of benzene rings is 1. The van der Waals surface area contributed by atoms with Crippen LogP contribution in [0.25, 0.3) is 0 Å². The first kappa shape index (κ1) is 18.9. The van der Waals surface area contributed by atoms with Gasteiger partial charge in [-0.15, -0.1) is 0 Å². The van der Waals surface area contributed by atoms with Crippen LogP contribution in [-0.2, 0) is 14.6 Å². The summed E-state index contributed by atoms with van der Waals surface area (Å²) in [7, 11) is -3.05. The van der Waals surface area contributed by atoms with Gasteiger partial charge in [0.2, 0.25) is 5.91 Å². The van der Waals surface area contributed by atoms with Crippen molar-refractivity contribution in [2.75, 3.05) is 29.5 Å². The summed E-state index contributed by atoms with van der Waals surface area (Å²) < 4.78 is 23.7. The van der Waals surface area contributed by atoms with Crippen molar-refractivity contribution < 1.29 is 18.0 Å². The maximum Gasteiger partial charge on any atom is 0.254 e. The van der Waals surface area contributed by atoms with Gasteiger partial charge >= 0.3 is 0 Å². The molecule has 0 bridgehead atoms. The molecule has 2 saturated heterocycles. The molecule has 3 rings (SSSR count). The lowest BCUT2D eigenvalue weighted by Gasteiger charge is -2.30. The van der Waals surface area contributed by atoms with Gasteiger partial charge in [0.1, 0.15) is 0 Å². The zero-order valence-electron chi connectivity index (χ0n) is 15.3. The molecule has 1 aromatic carbocycles. The molecule has 2 fully saturated rings. The summed E-state index contributed by atoms with van der Waals surface area (Å²) in [5.74, 6) is 0.423. The van der Waals surface area contributed by atoms with Crippen molar-refractivity contribution in [2.45, 2.75) is 39.2 Å². The summed E-state index contributed by atoms with van der Waals surface area (Å²) in [6.45, 7) is 5.29. The molecule has 1 atom stereocenters. The van der Waals surface area contributed by atoms with Crippen LogP contribution in [0.3, 0.4) is 0 Å². The quantitative estimate of drug-likeness (QED) is 0.786. The van der Waals surface area contributed by atoms with Crippen LogP contribution in [0.1, 0.15) is 43.5 Å². The molecule has 6 nitrogen and oxygen atoms in total. The molecular weight excluding hydrogens is 352 g/mol. The molecule has 0 spiro atoms. The molecule has 0 aliphatic carbocycles. The predicted molar refractivity (Wildman–Crippen MR) is 101 cm³/mol. The summed E-state index contributed by atoms with van der Waals surface area (Å²) >= 11 is 0. The van der Waals surface area contributed by atoms with Gasteiger partial charge in [-0.3, -0.25) is 9.59 Å². The van der Waals surface area contributed by atoms with E-state index in [0.29, 0.717) is 31.5 Å². The third-order valence-corrected chi connectivity index (χ3v) is 6.72. The van der Waals surface area contributed by atoms with Gasteiger partial charge in [-0.05, 0) is 43.0 Å². The second-order valence-electron chi connectivity index (χ2n) is 7.60. The molecule has 0 saturated carbocycles. The van der Waals surface area contributed by atoms with Gasteiger partial charge in [-0.2, -0.15) is 0 Å². The Morgan fingerprint density at radius 2 is 1.96 bits per heavy atom. The second kappa shape index (κ2) is 7.39. The van der Waals surface area contributed by atoms with Gasteiger partial charge in [0.05, 0.1) is 11.5 Å². The van der Waals surface area contributed by atoms with E-state index in [1.165, 1.54) is 0 Å². The normalized spacial score (nSPS) is 22.2. The standard InChI is InChI=1S/C19H26N2O4S/c1-14(2)12-21(17-9-11-26(24,25)13-17)19(23)15-5-7-16(8-6-15)20-10-3-4-18(20)22/h5-8,14,17H,3-4,9-13H2,1-2H3/t17-/m1/s1. The highest BCUT2D eigenvalue weighted by molar-refractivity contribution is 7.91. The zero-order valence-corrected chi connectivity index (χ0v) is 16.2. The van der Waals surface area contributed by atoms with Crippen molar-refractivity contribution in [1.29, 1.82) is 0 Å². The van der Waals surface area contributed by atoms with Gasteiger partial charge in [-0.25, -0.2) is 8.42 Å². The molecule has 0 unspecified atom stereocenters. The Morgan fingerprint density at radius 1 is 1.27 bits per heavy atom. The van der Waals surface area contributed by atoms with E-state index in [4.69, 9.17) is 0 Å². The molecule has 7 heteroatoms. The number of rotatable bonds is 5. The number of hydrogen-bond acceptors (Lipinski definition) is 4. The molecule has 2 aliphatic rings. The summed E-state index contributed by atoms with van der Waals surface area (Å²) in [6, 6.07) is 6.82. The number of sulfone groups is 1. The first-order valence-corrected chi connectivity index (χ1v) is 11.0. The molecule has 2 amide bonds.